The molecule has 7 heteroatoms. The molecule has 1 aliphatic rings. The third-order valence-electron chi connectivity index (χ3n) is 4.41. The van der Waals surface area contributed by atoms with Crippen molar-refractivity contribution in [1.29, 1.82) is 0 Å². The van der Waals surface area contributed by atoms with Crippen LogP contribution >= 0.6 is 0 Å². The number of amides is 2. The minimum atomic E-state index is -0.323. The van der Waals surface area contributed by atoms with E-state index >= 15 is 0 Å². The number of ether oxygens (including phenoxy) is 1. The van der Waals surface area contributed by atoms with Gasteiger partial charge in [0.2, 0.25) is 0 Å². The molecule has 0 spiro atoms. The second-order valence-electron chi connectivity index (χ2n) is 6.25. The molecule has 0 bridgehead atoms. The van der Waals surface area contributed by atoms with E-state index < -0.39 is 0 Å². The van der Waals surface area contributed by atoms with Gasteiger partial charge in [-0.05, 0) is 24.6 Å². The highest BCUT2D eigenvalue weighted by molar-refractivity contribution is 5.92. The summed E-state index contributed by atoms with van der Waals surface area (Å²) in [6.07, 6.45) is 1.35. The van der Waals surface area contributed by atoms with Crippen molar-refractivity contribution in [3.8, 4) is 0 Å². The first-order chi connectivity index (χ1) is 13.2. The van der Waals surface area contributed by atoms with Gasteiger partial charge in [-0.1, -0.05) is 30.3 Å². The molecule has 1 N–H and O–H groups in total. The molecule has 1 saturated heterocycles. The number of aromatic nitrogens is 1. The van der Waals surface area contributed by atoms with Crippen molar-refractivity contribution in [3.05, 3.63) is 59.9 Å². The molecule has 1 aromatic carbocycles. The predicted octanol–water partition coefficient (Wildman–Crippen LogP) is 2.61. The van der Waals surface area contributed by atoms with Crippen molar-refractivity contribution in [1.82, 2.24) is 14.8 Å². The molecule has 3 rings (SSSR count). The van der Waals surface area contributed by atoms with Crippen LogP contribution in [0.1, 0.15) is 23.0 Å². The number of pyridine rings is 1. The minimum Gasteiger partial charge on any atom is -0.450 e. The molecule has 2 heterocycles. The van der Waals surface area contributed by atoms with Crippen LogP contribution in [0.3, 0.4) is 0 Å². The Balaban J connectivity index is 1.51. The van der Waals surface area contributed by atoms with Crippen LogP contribution < -0.4 is 5.32 Å². The van der Waals surface area contributed by atoms with Crippen molar-refractivity contribution in [2.45, 2.75) is 13.5 Å². The van der Waals surface area contributed by atoms with Gasteiger partial charge in [-0.3, -0.25) is 4.79 Å². The Kier molecular flexibility index (Phi) is 6.25. The largest absolute Gasteiger partial charge is 0.450 e. The summed E-state index contributed by atoms with van der Waals surface area (Å²) in [4.78, 5) is 32.0. The molecule has 0 unspecified atom stereocenters. The van der Waals surface area contributed by atoms with Gasteiger partial charge >= 0.3 is 6.09 Å². The smallest absolute Gasteiger partial charge is 0.409 e. The lowest BCUT2D eigenvalue weighted by Gasteiger charge is -2.33. The second-order valence-corrected chi connectivity index (χ2v) is 6.25. The number of hydrogen-bond acceptors (Lipinski definition) is 5. The van der Waals surface area contributed by atoms with E-state index in [-0.39, 0.29) is 12.0 Å². The first-order valence-corrected chi connectivity index (χ1v) is 9.12. The van der Waals surface area contributed by atoms with Crippen molar-refractivity contribution >= 4 is 17.7 Å². The van der Waals surface area contributed by atoms with Crippen LogP contribution in [0.4, 0.5) is 10.5 Å². The fourth-order valence-electron chi connectivity index (χ4n) is 2.89. The van der Waals surface area contributed by atoms with Gasteiger partial charge in [0.1, 0.15) is 5.69 Å². The fraction of sp³-hybridized carbons (Fsp3) is 0.350. The molecule has 1 aliphatic heterocycles. The zero-order valence-corrected chi connectivity index (χ0v) is 15.4. The highest BCUT2D eigenvalue weighted by Crippen LogP contribution is 2.12. The van der Waals surface area contributed by atoms with Crippen LogP contribution in [0.15, 0.2) is 48.7 Å². The van der Waals surface area contributed by atoms with Crippen LogP contribution in [0.25, 0.3) is 0 Å². The van der Waals surface area contributed by atoms with Gasteiger partial charge in [-0.15, -0.1) is 0 Å². The monoisotopic (exact) mass is 368 g/mol. The molecule has 2 aromatic rings. The lowest BCUT2D eigenvalue weighted by Crippen LogP contribution is -2.50. The number of piperazine rings is 1. The predicted molar refractivity (Wildman–Crippen MR) is 103 cm³/mol. The highest BCUT2D eigenvalue weighted by atomic mass is 16.6. The van der Waals surface area contributed by atoms with Gasteiger partial charge in [0.15, 0.2) is 0 Å². The van der Waals surface area contributed by atoms with E-state index in [0.29, 0.717) is 45.0 Å². The number of nitrogens with one attached hydrogen (secondary N) is 1. The standard InChI is InChI=1S/C20H24N4O3/c1-2-27-20(26)24-12-10-23(11-13-24)19(25)18-9-8-17(15-22-18)21-14-16-6-4-3-5-7-16/h3-9,15,21H,2,10-14H2,1H3. The average molecular weight is 368 g/mol. The number of anilines is 1. The number of benzene rings is 1. The van der Waals surface area contributed by atoms with Gasteiger partial charge in [0.05, 0.1) is 18.5 Å². The molecule has 1 aromatic heterocycles. The summed E-state index contributed by atoms with van der Waals surface area (Å²) in [7, 11) is 0. The topological polar surface area (TPSA) is 74.8 Å². The summed E-state index contributed by atoms with van der Waals surface area (Å²) < 4.78 is 4.99. The van der Waals surface area contributed by atoms with Gasteiger partial charge in [-0.25, -0.2) is 9.78 Å². The first-order valence-electron chi connectivity index (χ1n) is 9.12. The van der Waals surface area contributed by atoms with E-state index in [2.05, 4.69) is 10.3 Å². The minimum absolute atomic E-state index is 0.117. The highest BCUT2D eigenvalue weighted by Gasteiger charge is 2.25. The van der Waals surface area contributed by atoms with E-state index in [9.17, 15) is 9.59 Å². The zero-order chi connectivity index (χ0) is 19.1. The third-order valence-corrected chi connectivity index (χ3v) is 4.41. The van der Waals surface area contributed by atoms with Crippen molar-refractivity contribution in [3.63, 3.8) is 0 Å². The van der Waals surface area contributed by atoms with Crippen LogP contribution in [0.5, 0.6) is 0 Å². The van der Waals surface area contributed by atoms with Gasteiger partial charge in [0, 0.05) is 32.7 Å². The number of hydrogen-bond donors (Lipinski definition) is 1. The van der Waals surface area contributed by atoms with E-state index in [1.54, 1.807) is 29.0 Å². The Morgan fingerprint density at radius 2 is 1.74 bits per heavy atom. The second kappa shape index (κ2) is 9.02. The Bertz CT molecular complexity index is 757. The maximum absolute atomic E-state index is 12.6. The molecule has 142 valence electrons. The summed E-state index contributed by atoms with van der Waals surface area (Å²) >= 11 is 0. The van der Waals surface area contributed by atoms with Crippen molar-refractivity contribution in [2.75, 3.05) is 38.1 Å². The van der Waals surface area contributed by atoms with Crippen LogP contribution in [-0.2, 0) is 11.3 Å². The lowest BCUT2D eigenvalue weighted by molar-refractivity contribution is 0.0566. The molecule has 7 nitrogen and oxygen atoms in total. The lowest BCUT2D eigenvalue weighted by atomic mass is 10.2. The van der Waals surface area contributed by atoms with E-state index in [1.807, 2.05) is 36.4 Å². The molecule has 2 amide bonds. The summed E-state index contributed by atoms with van der Waals surface area (Å²) in [6.45, 7) is 4.74. The van der Waals surface area contributed by atoms with E-state index in [0.717, 1.165) is 5.69 Å². The molecule has 0 aliphatic carbocycles. The summed E-state index contributed by atoms with van der Waals surface area (Å²) in [6, 6.07) is 13.7. The van der Waals surface area contributed by atoms with Crippen LogP contribution in [-0.4, -0.2) is 59.6 Å². The average Bonchev–Trinajstić information content (AvgIpc) is 2.73. The summed E-state index contributed by atoms with van der Waals surface area (Å²) in [5.74, 6) is -0.117. The number of nitrogens with zero attached hydrogens (tertiary/aromatic N) is 3. The first kappa shape index (κ1) is 18.7. The maximum Gasteiger partial charge on any atom is 0.409 e. The molecular formula is C20H24N4O3. The summed E-state index contributed by atoms with van der Waals surface area (Å²) in [5.41, 5.74) is 2.45. The maximum atomic E-state index is 12.6. The van der Waals surface area contributed by atoms with Gasteiger partial charge < -0.3 is 19.9 Å². The number of carbonyl (C=O) groups is 2. The molecule has 0 saturated carbocycles. The Morgan fingerprint density at radius 1 is 1.04 bits per heavy atom. The van der Waals surface area contributed by atoms with E-state index in [1.165, 1.54) is 5.56 Å². The Hall–Kier alpha value is -3.09. The number of carbonyl (C=O) groups excluding carboxylic acids is 2. The van der Waals surface area contributed by atoms with E-state index in [4.69, 9.17) is 4.74 Å². The fourth-order valence-corrected chi connectivity index (χ4v) is 2.89. The third kappa shape index (κ3) is 4.97. The zero-order valence-electron chi connectivity index (χ0n) is 15.4. The van der Waals surface area contributed by atoms with Gasteiger partial charge in [-0.2, -0.15) is 0 Å². The summed E-state index contributed by atoms with van der Waals surface area (Å²) in [5, 5.41) is 3.29. The molecular weight excluding hydrogens is 344 g/mol. The Morgan fingerprint density at radius 3 is 2.37 bits per heavy atom. The van der Waals surface area contributed by atoms with Gasteiger partial charge in [0.25, 0.3) is 5.91 Å². The normalized spacial score (nSPS) is 14.0. The molecule has 1 fully saturated rings. The molecule has 0 radical (unpaired) electrons. The number of rotatable bonds is 5. The van der Waals surface area contributed by atoms with Crippen LogP contribution in [0, 0.1) is 0 Å². The molecule has 27 heavy (non-hydrogen) atoms. The quantitative estimate of drug-likeness (QED) is 0.878. The van der Waals surface area contributed by atoms with Crippen LogP contribution in [0.2, 0.25) is 0 Å². The van der Waals surface area contributed by atoms with Crippen molar-refractivity contribution < 1.29 is 14.3 Å². The van der Waals surface area contributed by atoms with Crippen molar-refractivity contribution in [2.24, 2.45) is 0 Å². The Labute approximate surface area is 158 Å². The molecule has 0 atom stereocenters. The SMILES string of the molecule is CCOC(=O)N1CCN(C(=O)c2ccc(NCc3ccccc3)cn2)CC1.